The maximum Gasteiger partial charge on any atom is 0.325 e. The highest BCUT2D eigenvalue weighted by atomic mass is 35.5. The zero-order valence-corrected chi connectivity index (χ0v) is 11.0. The van der Waals surface area contributed by atoms with Crippen molar-refractivity contribution in [1.82, 2.24) is 0 Å². The van der Waals surface area contributed by atoms with Crippen molar-refractivity contribution >= 4 is 17.3 Å². The Hall–Kier alpha value is -2.07. The minimum Gasteiger partial charge on any atom is -0.497 e. The number of hydrogen-bond donors (Lipinski definition) is 1. The van der Waals surface area contributed by atoms with E-state index in [0.717, 1.165) is 11.4 Å². The molecule has 1 aliphatic rings. The van der Waals surface area contributed by atoms with Crippen LogP contribution in [0.5, 0.6) is 17.2 Å². The van der Waals surface area contributed by atoms with Gasteiger partial charge in [-0.15, -0.1) is 0 Å². The summed E-state index contributed by atoms with van der Waals surface area (Å²) in [5.41, 5.74) is 0.864. The van der Waals surface area contributed by atoms with Crippen LogP contribution < -0.4 is 19.5 Å². The SMILES string of the molecule is COc1ccc(OC2Nc3ccc(Cl)cc3O2)cc1. The molecule has 3 rings (SSSR count). The molecule has 1 aliphatic heterocycles. The van der Waals surface area contributed by atoms with E-state index in [1.807, 2.05) is 30.3 Å². The summed E-state index contributed by atoms with van der Waals surface area (Å²) in [5, 5.41) is 3.73. The van der Waals surface area contributed by atoms with Crippen LogP contribution in [0.2, 0.25) is 5.02 Å². The topological polar surface area (TPSA) is 39.7 Å². The third-order valence-electron chi connectivity index (χ3n) is 2.75. The highest BCUT2D eigenvalue weighted by Crippen LogP contribution is 2.34. The Kier molecular flexibility index (Phi) is 3.09. The average molecular weight is 278 g/mol. The molecule has 2 aromatic rings. The van der Waals surface area contributed by atoms with E-state index in [0.29, 0.717) is 16.5 Å². The van der Waals surface area contributed by atoms with Crippen LogP contribution in [0.1, 0.15) is 0 Å². The maximum absolute atomic E-state index is 5.90. The van der Waals surface area contributed by atoms with Crippen molar-refractivity contribution in [3.05, 3.63) is 47.5 Å². The molecule has 0 aromatic heterocycles. The second kappa shape index (κ2) is 4.90. The smallest absolute Gasteiger partial charge is 0.325 e. The predicted molar refractivity (Wildman–Crippen MR) is 73.1 cm³/mol. The monoisotopic (exact) mass is 277 g/mol. The van der Waals surface area contributed by atoms with Gasteiger partial charge in [-0.1, -0.05) is 11.6 Å². The van der Waals surface area contributed by atoms with Crippen LogP contribution in [0, 0.1) is 0 Å². The number of halogens is 1. The van der Waals surface area contributed by atoms with E-state index in [1.165, 1.54) is 0 Å². The zero-order chi connectivity index (χ0) is 13.2. The van der Waals surface area contributed by atoms with Crippen LogP contribution in [-0.4, -0.2) is 13.5 Å². The summed E-state index contributed by atoms with van der Waals surface area (Å²) >= 11 is 5.90. The van der Waals surface area contributed by atoms with Gasteiger partial charge in [0.1, 0.15) is 11.5 Å². The predicted octanol–water partition coefficient (Wildman–Crippen LogP) is 3.52. The fraction of sp³-hybridized carbons (Fsp3) is 0.143. The molecule has 19 heavy (non-hydrogen) atoms. The van der Waals surface area contributed by atoms with E-state index >= 15 is 0 Å². The van der Waals surface area contributed by atoms with Crippen molar-refractivity contribution in [1.29, 1.82) is 0 Å². The van der Waals surface area contributed by atoms with Gasteiger partial charge in [0.25, 0.3) is 0 Å². The molecule has 0 saturated heterocycles. The molecule has 5 heteroatoms. The maximum atomic E-state index is 5.90. The third kappa shape index (κ3) is 2.53. The van der Waals surface area contributed by atoms with Crippen molar-refractivity contribution in [2.75, 3.05) is 12.4 Å². The molecule has 1 heterocycles. The lowest BCUT2D eigenvalue weighted by Gasteiger charge is -2.13. The van der Waals surface area contributed by atoms with E-state index < -0.39 is 6.41 Å². The van der Waals surface area contributed by atoms with Crippen LogP contribution in [0.3, 0.4) is 0 Å². The molecule has 0 aliphatic carbocycles. The van der Waals surface area contributed by atoms with Gasteiger partial charge in [0.05, 0.1) is 12.8 Å². The van der Waals surface area contributed by atoms with Crippen LogP contribution >= 0.6 is 11.6 Å². The first-order valence-corrected chi connectivity index (χ1v) is 6.16. The number of fused-ring (bicyclic) bond motifs is 1. The zero-order valence-electron chi connectivity index (χ0n) is 10.2. The average Bonchev–Trinajstić information content (AvgIpc) is 2.81. The summed E-state index contributed by atoms with van der Waals surface area (Å²) in [6, 6.07) is 12.7. The number of methoxy groups -OCH3 is 1. The molecule has 0 fully saturated rings. The van der Waals surface area contributed by atoms with E-state index in [9.17, 15) is 0 Å². The van der Waals surface area contributed by atoms with Gasteiger partial charge in [0.2, 0.25) is 0 Å². The summed E-state index contributed by atoms with van der Waals surface area (Å²) in [6.07, 6.45) is -0.554. The molecule has 1 N–H and O–H groups in total. The molecule has 0 saturated carbocycles. The molecule has 2 aromatic carbocycles. The van der Waals surface area contributed by atoms with Gasteiger partial charge in [0, 0.05) is 11.1 Å². The Morgan fingerprint density at radius 1 is 1.11 bits per heavy atom. The number of ether oxygens (including phenoxy) is 3. The fourth-order valence-electron chi connectivity index (χ4n) is 1.82. The van der Waals surface area contributed by atoms with Gasteiger partial charge in [0.15, 0.2) is 5.75 Å². The molecule has 1 unspecified atom stereocenters. The van der Waals surface area contributed by atoms with Crippen molar-refractivity contribution in [2.24, 2.45) is 0 Å². The van der Waals surface area contributed by atoms with Crippen molar-refractivity contribution < 1.29 is 14.2 Å². The lowest BCUT2D eigenvalue weighted by atomic mass is 10.3. The normalized spacial score (nSPS) is 16.2. The van der Waals surface area contributed by atoms with Gasteiger partial charge in [-0.2, -0.15) is 0 Å². The van der Waals surface area contributed by atoms with E-state index in [-0.39, 0.29) is 0 Å². The van der Waals surface area contributed by atoms with Gasteiger partial charge in [-0.05, 0) is 36.4 Å². The number of anilines is 1. The first-order valence-electron chi connectivity index (χ1n) is 5.78. The Morgan fingerprint density at radius 3 is 2.58 bits per heavy atom. The molecule has 0 bridgehead atoms. The van der Waals surface area contributed by atoms with Gasteiger partial charge in [-0.25, -0.2) is 0 Å². The molecule has 98 valence electrons. The second-order valence-electron chi connectivity index (χ2n) is 4.03. The number of nitrogens with one attached hydrogen (secondary N) is 1. The summed E-state index contributed by atoms with van der Waals surface area (Å²) in [5.74, 6) is 2.16. The van der Waals surface area contributed by atoms with Crippen molar-refractivity contribution in [3.8, 4) is 17.2 Å². The van der Waals surface area contributed by atoms with E-state index in [2.05, 4.69) is 5.32 Å². The standard InChI is InChI=1S/C14H12ClNO3/c1-17-10-3-5-11(6-4-10)18-14-16-12-7-2-9(15)8-13(12)19-14/h2-8,14,16H,1H3. The molecular formula is C14H12ClNO3. The molecule has 1 atom stereocenters. The Morgan fingerprint density at radius 2 is 1.84 bits per heavy atom. The summed E-state index contributed by atoms with van der Waals surface area (Å²) < 4.78 is 16.4. The molecule has 0 radical (unpaired) electrons. The highest BCUT2D eigenvalue weighted by molar-refractivity contribution is 6.30. The minimum absolute atomic E-state index is 0.554. The fourth-order valence-corrected chi connectivity index (χ4v) is 1.98. The van der Waals surface area contributed by atoms with Crippen LogP contribution in [0.15, 0.2) is 42.5 Å². The molecule has 0 amide bonds. The first kappa shape index (κ1) is 12.0. The number of rotatable bonds is 3. The lowest BCUT2D eigenvalue weighted by Crippen LogP contribution is -2.27. The van der Waals surface area contributed by atoms with Crippen molar-refractivity contribution in [2.45, 2.75) is 6.41 Å². The second-order valence-corrected chi connectivity index (χ2v) is 4.46. The van der Waals surface area contributed by atoms with Crippen LogP contribution in [0.4, 0.5) is 5.69 Å². The molecule has 0 spiro atoms. The van der Waals surface area contributed by atoms with Crippen molar-refractivity contribution in [3.63, 3.8) is 0 Å². The van der Waals surface area contributed by atoms with Crippen LogP contribution in [0.25, 0.3) is 0 Å². The third-order valence-corrected chi connectivity index (χ3v) is 2.99. The Bertz CT molecular complexity index is 586. The first-order chi connectivity index (χ1) is 9.24. The largest absolute Gasteiger partial charge is 0.497 e. The van der Waals surface area contributed by atoms with Gasteiger partial charge < -0.3 is 19.5 Å². The number of hydrogen-bond acceptors (Lipinski definition) is 4. The van der Waals surface area contributed by atoms with E-state index in [1.54, 1.807) is 19.2 Å². The Balaban J connectivity index is 1.69. The molecular weight excluding hydrogens is 266 g/mol. The van der Waals surface area contributed by atoms with Crippen LogP contribution in [-0.2, 0) is 0 Å². The van der Waals surface area contributed by atoms with Gasteiger partial charge in [-0.3, -0.25) is 0 Å². The van der Waals surface area contributed by atoms with E-state index in [4.69, 9.17) is 25.8 Å². The highest BCUT2D eigenvalue weighted by Gasteiger charge is 2.23. The number of benzene rings is 2. The summed E-state index contributed by atoms with van der Waals surface area (Å²) in [7, 11) is 1.62. The summed E-state index contributed by atoms with van der Waals surface area (Å²) in [6.45, 7) is 0. The van der Waals surface area contributed by atoms with Gasteiger partial charge >= 0.3 is 6.41 Å². The Labute approximate surface area is 115 Å². The summed E-state index contributed by atoms with van der Waals surface area (Å²) in [4.78, 5) is 0. The minimum atomic E-state index is -0.554. The quantitative estimate of drug-likeness (QED) is 0.932. The molecule has 4 nitrogen and oxygen atoms in total. The lowest BCUT2D eigenvalue weighted by molar-refractivity contribution is 0.0440.